The van der Waals surface area contributed by atoms with Crippen molar-refractivity contribution < 1.29 is 27.9 Å². The van der Waals surface area contributed by atoms with Crippen molar-refractivity contribution in [3.05, 3.63) is 94.4 Å². The number of aromatic nitrogens is 3. The van der Waals surface area contributed by atoms with Crippen molar-refractivity contribution in [3.8, 4) is 5.69 Å². The highest BCUT2D eigenvalue weighted by atomic mass is 32.2. The molecule has 5 N–H and O–H groups in total. The first-order valence-electron chi connectivity index (χ1n) is 15.5. The molecule has 0 atom stereocenters. The number of primary amides is 1. The van der Waals surface area contributed by atoms with Crippen LogP contribution in [0.15, 0.2) is 60.8 Å². The molecule has 2 aliphatic rings. The number of anilines is 2. The average Bonchev–Trinajstić information content (AvgIpc) is 3.69. The molecule has 6 rings (SSSR count). The van der Waals surface area contributed by atoms with E-state index in [2.05, 4.69) is 20.4 Å². The van der Waals surface area contributed by atoms with Gasteiger partial charge in [0.2, 0.25) is 15.9 Å². The highest BCUT2D eigenvalue weighted by Gasteiger charge is 2.40. The van der Waals surface area contributed by atoms with Crippen molar-refractivity contribution >= 4 is 39.3 Å². The van der Waals surface area contributed by atoms with Crippen LogP contribution in [0.2, 0.25) is 0 Å². The van der Waals surface area contributed by atoms with Gasteiger partial charge in [-0.1, -0.05) is 44.2 Å². The molecule has 4 heterocycles. The Morgan fingerprint density at radius 3 is 2.35 bits per heavy atom. The van der Waals surface area contributed by atoms with E-state index in [-0.39, 0.29) is 41.5 Å². The SMILES string of the molecule is CN1CCN(c2cc(C(N)=O)c(C(=O)Nc3n[nH]c4c3CN(S(=O)(=O)Cc3ccccc3)CC4(C)C)cc2-n2cccc2C(=O)O)CC1. The lowest BCUT2D eigenvalue weighted by Gasteiger charge is -2.37. The van der Waals surface area contributed by atoms with Crippen LogP contribution in [0.1, 0.15) is 61.9 Å². The number of carboxylic acid groups (broad SMARTS) is 1. The third-order valence-electron chi connectivity index (χ3n) is 8.96. The van der Waals surface area contributed by atoms with Gasteiger partial charge in [-0.15, -0.1) is 0 Å². The van der Waals surface area contributed by atoms with Crippen LogP contribution in [0, 0.1) is 0 Å². The molecule has 15 heteroatoms. The van der Waals surface area contributed by atoms with Crippen LogP contribution in [0.3, 0.4) is 0 Å². The molecule has 252 valence electrons. The summed E-state index contributed by atoms with van der Waals surface area (Å²) < 4.78 is 30.0. The van der Waals surface area contributed by atoms with E-state index in [4.69, 9.17) is 5.73 Å². The van der Waals surface area contributed by atoms with Crippen LogP contribution >= 0.6 is 0 Å². The molecule has 0 spiro atoms. The maximum absolute atomic E-state index is 14.0. The number of nitrogens with zero attached hydrogens (tertiary/aromatic N) is 5. The molecule has 0 bridgehead atoms. The Morgan fingerprint density at radius 2 is 1.69 bits per heavy atom. The van der Waals surface area contributed by atoms with Crippen LogP contribution in [0.5, 0.6) is 0 Å². The minimum absolute atomic E-state index is 0.0241. The highest BCUT2D eigenvalue weighted by molar-refractivity contribution is 7.88. The van der Waals surface area contributed by atoms with Gasteiger partial charge in [0.25, 0.3) is 5.91 Å². The first-order valence-corrected chi connectivity index (χ1v) is 17.1. The Kier molecular flexibility index (Phi) is 8.62. The number of benzene rings is 2. The number of amides is 2. The van der Waals surface area contributed by atoms with Gasteiger partial charge in [-0.05, 0) is 36.9 Å². The molecule has 4 aromatic rings. The largest absolute Gasteiger partial charge is 0.477 e. The number of nitrogens with two attached hydrogens (primary N) is 1. The van der Waals surface area contributed by atoms with E-state index < -0.39 is 33.2 Å². The molecular formula is C33H38N8O6S. The van der Waals surface area contributed by atoms with Gasteiger partial charge in [-0.25, -0.2) is 13.2 Å². The molecule has 14 nitrogen and oxygen atoms in total. The Hall–Kier alpha value is -4.99. The molecule has 2 aliphatic heterocycles. The third kappa shape index (κ3) is 6.31. The fraction of sp³-hybridized carbons (Fsp3) is 0.333. The number of H-pyrrole nitrogens is 1. The second kappa shape index (κ2) is 12.6. The van der Waals surface area contributed by atoms with Crippen LogP contribution in [0.25, 0.3) is 5.69 Å². The van der Waals surface area contributed by atoms with Crippen LogP contribution in [0.4, 0.5) is 11.5 Å². The summed E-state index contributed by atoms with van der Waals surface area (Å²) in [5.41, 5.74) is 7.80. The maximum atomic E-state index is 14.0. The van der Waals surface area contributed by atoms with E-state index in [0.29, 0.717) is 41.3 Å². The molecule has 0 saturated carbocycles. The first-order chi connectivity index (χ1) is 22.7. The zero-order chi connectivity index (χ0) is 34.4. The number of carbonyl (C=O) groups is 3. The van der Waals surface area contributed by atoms with Crippen molar-refractivity contribution in [2.75, 3.05) is 50.0 Å². The number of aromatic amines is 1. The van der Waals surface area contributed by atoms with Crippen LogP contribution in [-0.4, -0.2) is 95.0 Å². The molecule has 0 aliphatic carbocycles. The van der Waals surface area contributed by atoms with E-state index in [1.807, 2.05) is 31.9 Å². The summed E-state index contributed by atoms with van der Waals surface area (Å²) in [6.07, 6.45) is 1.58. The van der Waals surface area contributed by atoms with Gasteiger partial charge in [0.05, 0.1) is 28.3 Å². The minimum atomic E-state index is -3.74. The summed E-state index contributed by atoms with van der Waals surface area (Å²) in [5, 5.41) is 20.0. The smallest absolute Gasteiger partial charge is 0.352 e. The predicted molar refractivity (Wildman–Crippen MR) is 180 cm³/mol. The molecule has 0 radical (unpaired) electrons. The maximum Gasteiger partial charge on any atom is 0.352 e. The summed E-state index contributed by atoms with van der Waals surface area (Å²) in [6, 6.07) is 15.0. The Bertz CT molecular complexity index is 1990. The summed E-state index contributed by atoms with van der Waals surface area (Å²) in [4.78, 5) is 43.2. The fourth-order valence-electron chi connectivity index (χ4n) is 6.41. The number of hydrogen-bond donors (Lipinski definition) is 4. The molecule has 1 fully saturated rings. The molecule has 48 heavy (non-hydrogen) atoms. The van der Waals surface area contributed by atoms with Crippen molar-refractivity contribution in [3.63, 3.8) is 0 Å². The van der Waals surface area contributed by atoms with Crippen molar-refractivity contribution in [2.45, 2.75) is 31.6 Å². The first kappa shape index (κ1) is 32.9. The number of aromatic carboxylic acids is 1. The molecule has 0 unspecified atom stereocenters. The van der Waals surface area contributed by atoms with Gasteiger partial charge >= 0.3 is 5.97 Å². The van der Waals surface area contributed by atoms with Gasteiger partial charge < -0.3 is 30.5 Å². The summed E-state index contributed by atoms with van der Waals surface area (Å²) in [7, 11) is -1.74. The predicted octanol–water partition coefficient (Wildman–Crippen LogP) is 2.62. The van der Waals surface area contributed by atoms with E-state index in [0.717, 1.165) is 13.1 Å². The molecule has 2 aromatic carbocycles. The zero-order valence-electron chi connectivity index (χ0n) is 26.9. The third-order valence-corrected chi connectivity index (χ3v) is 10.7. The van der Waals surface area contributed by atoms with Gasteiger partial charge in [-0.2, -0.15) is 9.40 Å². The number of piperazine rings is 1. The number of carbonyl (C=O) groups excluding carboxylic acids is 2. The number of hydrogen-bond acceptors (Lipinski definition) is 8. The Morgan fingerprint density at radius 1 is 1.00 bits per heavy atom. The van der Waals surface area contributed by atoms with Crippen LogP contribution in [-0.2, 0) is 27.7 Å². The van der Waals surface area contributed by atoms with Gasteiger partial charge in [0.1, 0.15) is 5.69 Å². The number of carboxylic acids is 1. The lowest BCUT2D eigenvalue weighted by atomic mass is 9.84. The molecule has 2 amide bonds. The van der Waals surface area contributed by atoms with Crippen molar-refractivity contribution in [1.29, 1.82) is 0 Å². The topological polar surface area (TPSA) is 187 Å². The van der Waals surface area contributed by atoms with Gasteiger partial charge in [0.15, 0.2) is 5.82 Å². The lowest BCUT2D eigenvalue weighted by molar-refractivity contribution is 0.0687. The lowest BCUT2D eigenvalue weighted by Crippen LogP contribution is -2.45. The average molecular weight is 675 g/mol. The molecule has 1 saturated heterocycles. The summed E-state index contributed by atoms with van der Waals surface area (Å²) >= 11 is 0. The summed E-state index contributed by atoms with van der Waals surface area (Å²) in [6.45, 7) is 6.66. The second-order valence-electron chi connectivity index (χ2n) is 12.9. The Balaban J connectivity index is 1.38. The van der Waals surface area contributed by atoms with Gasteiger partial charge in [0, 0.05) is 62.1 Å². The number of sulfonamides is 1. The zero-order valence-corrected chi connectivity index (χ0v) is 27.7. The van der Waals surface area contributed by atoms with Gasteiger partial charge in [-0.3, -0.25) is 14.7 Å². The normalized spacial score (nSPS) is 16.8. The standard InChI is InChI=1S/C33H38N8O6S/c1-33(2)20-40(48(46,47)19-21-8-5-4-6-9-21)18-24-28(33)36-37-30(24)35-31(43)23-17-27(41-11-7-10-25(41)32(44)45)26(16-22(23)29(34)42)39-14-12-38(3)13-15-39/h4-11,16-17H,12-15,18-20H2,1-3H3,(H2,34,42)(H,44,45)(H2,35,36,37,43). The van der Waals surface area contributed by atoms with Crippen LogP contribution < -0.4 is 16.0 Å². The molecule has 2 aromatic heterocycles. The van der Waals surface area contributed by atoms with Crippen molar-refractivity contribution in [2.24, 2.45) is 5.73 Å². The monoisotopic (exact) mass is 674 g/mol. The number of nitrogens with one attached hydrogen (secondary N) is 2. The number of likely N-dealkylation sites (N-methyl/N-ethyl adjacent to an activating group) is 1. The fourth-order valence-corrected chi connectivity index (χ4v) is 8.05. The van der Waals surface area contributed by atoms with E-state index in [1.54, 1.807) is 36.5 Å². The Labute approximate surface area is 278 Å². The van der Waals surface area contributed by atoms with E-state index >= 15 is 0 Å². The highest BCUT2D eigenvalue weighted by Crippen LogP contribution is 2.38. The minimum Gasteiger partial charge on any atom is -0.477 e. The second-order valence-corrected chi connectivity index (χ2v) is 14.9. The number of rotatable bonds is 9. The van der Waals surface area contributed by atoms with Crippen molar-refractivity contribution in [1.82, 2.24) is 24.0 Å². The number of fused-ring (bicyclic) bond motifs is 1. The van der Waals surface area contributed by atoms with E-state index in [1.165, 1.54) is 27.1 Å². The summed E-state index contributed by atoms with van der Waals surface area (Å²) in [5.74, 6) is -2.77. The quantitative estimate of drug-likeness (QED) is 0.207. The van der Waals surface area contributed by atoms with E-state index in [9.17, 15) is 27.9 Å². The molecular weight excluding hydrogens is 636 g/mol.